The van der Waals surface area contributed by atoms with E-state index in [1.807, 2.05) is 0 Å². The highest BCUT2D eigenvalue weighted by atomic mass is 15.0. The molecule has 0 radical (unpaired) electrons. The molecule has 1 N–H and O–H groups in total. The summed E-state index contributed by atoms with van der Waals surface area (Å²) in [6.07, 6.45) is 4.71. The summed E-state index contributed by atoms with van der Waals surface area (Å²) in [4.78, 5) is 0. The summed E-state index contributed by atoms with van der Waals surface area (Å²) in [5.41, 5.74) is 2.81. The van der Waals surface area contributed by atoms with Gasteiger partial charge in [-0.25, -0.2) is 0 Å². The van der Waals surface area contributed by atoms with Crippen molar-refractivity contribution < 1.29 is 0 Å². The lowest BCUT2D eigenvalue weighted by molar-refractivity contribution is 0.645. The van der Waals surface area contributed by atoms with Crippen molar-refractivity contribution in [2.24, 2.45) is 0 Å². The third-order valence-electron chi connectivity index (χ3n) is 3.19. The van der Waals surface area contributed by atoms with Crippen LogP contribution in [0.4, 0.5) is 0 Å². The van der Waals surface area contributed by atoms with Crippen LogP contribution < -0.4 is 5.32 Å². The van der Waals surface area contributed by atoms with E-state index in [1.165, 1.54) is 29.3 Å². The SMILES string of the molecule is CCCCn1ccc2cccc(CNCC)c21. The minimum atomic E-state index is 0.962. The topological polar surface area (TPSA) is 17.0 Å². The van der Waals surface area contributed by atoms with Crippen LogP contribution >= 0.6 is 0 Å². The maximum Gasteiger partial charge on any atom is 0.0525 e. The normalized spacial score (nSPS) is 11.2. The van der Waals surface area contributed by atoms with E-state index in [4.69, 9.17) is 0 Å². The monoisotopic (exact) mass is 230 g/mol. The molecule has 1 aromatic carbocycles. The molecular formula is C15H22N2. The van der Waals surface area contributed by atoms with Gasteiger partial charge in [0.05, 0.1) is 5.52 Å². The van der Waals surface area contributed by atoms with E-state index in [0.717, 1.165) is 19.6 Å². The molecule has 2 aromatic rings. The average Bonchev–Trinajstić information content (AvgIpc) is 2.77. The van der Waals surface area contributed by atoms with Gasteiger partial charge in [-0.2, -0.15) is 0 Å². The number of hydrogen-bond acceptors (Lipinski definition) is 1. The molecule has 0 bridgehead atoms. The lowest BCUT2D eigenvalue weighted by atomic mass is 10.1. The first kappa shape index (κ1) is 12.2. The number of benzene rings is 1. The van der Waals surface area contributed by atoms with Crippen LogP contribution in [0.25, 0.3) is 10.9 Å². The quantitative estimate of drug-likeness (QED) is 0.803. The minimum absolute atomic E-state index is 0.962. The van der Waals surface area contributed by atoms with Gasteiger partial charge in [0.15, 0.2) is 0 Å². The molecular weight excluding hydrogens is 208 g/mol. The number of nitrogens with zero attached hydrogens (tertiary/aromatic N) is 1. The van der Waals surface area contributed by atoms with Gasteiger partial charge in [-0.15, -0.1) is 0 Å². The molecule has 0 aliphatic carbocycles. The van der Waals surface area contributed by atoms with Crippen LogP contribution in [0.2, 0.25) is 0 Å². The zero-order valence-electron chi connectivity index (χ0n) is 10.9. The van der Waals surface area contributed by atoms with E-state index in [-0.39, 0.29) is 0 Å². The largest absolute Gasteiger partial charge is 0.347 e. The van der Waals surface area contributed by atoms with Crippen LogP contribution in [0.1, 0.15) is 32.3 Å². The van der Waals surface area contributed by atoms with Gasteiger partial charge in [-0.05, 0) is 30.0 Å². The first-order valence-corrected chi connectivity index (χ1v) is 6.64. The fourth-order valence-electron chi connectivity index (χ4n) is 2.26. The first-order chi connectivity index (χ1) is 8.36. The zero-order valence-corrected chi connectivity index (χ0v) is 10.9. The highest BCUT2D eigenvalue weighted by Crippen LogP contribution is 2.21. The Morgan fingerprint density at radius 2 is 2.06 bits per heavy atom. The van der Waals surface area contributed by atoms with Crippen molar-refractivity contribution in [1.82, 2.24) is 9.88 Å². The van der Waals surface area contributed by atoms with Gasteiger partial charge in [0.2, 0.25) is 0 Å². The highest BCUT2D eigenvalue weighted by Gasteiger charge is 2.05. The molecule has 92 valence electrons. The Morgan fingerprint density at radius 3 is 2.82 bits per heavy atom. The van der Waals surface area contributed by atoms with E-state index in [0.29, 0.717) is 0 Å². The standard InChI is InChI=1S/C15H22N2/c1-3-5-10-17-11-9-13-7-6-8-14(15(13)17)12-16-4-2/h6-9,11,16H,3-5,10,12H2,1-2H3. The molecule has 1 heterocycles. The number of unbranched alkanes of at least 4 members (excludes halogenated alkanes) is 1. The number of hydrogen-bond donors (Lipinski definition) is 1. The molecule has 2 rings (SSSR count). The fraction of sp³-hybridized carbons (Fsp3) is 0.467. The van der Waals surface area contributed by atoms with Gasteiger partial charge in [-0.3, -0.25) is 0 Å². The Bertz CT molecular complexity index is 471. The fourth-order valence-corrected chi connectivity index (χ4v) is 2.26. The van der Waals surface area contributed by atoms with E-state index in [9.17, 15) is 0 Å². The van der Waals surface area contributed by atoms with Crippen molar-refractivity contribution in [3.05, 3.63) is 36.0 Å². The van der Waals surface area contributed by atoms with Gasteiger partial charge < -0.3 is 9.88 Å². The summed E-state index contributed by atoms with van der Waals surface area (Å²) in [6.45, 7) is 7.50. The Balaban J connectivity index is 2.33. The third-order valence-corrected chi connectivity index (χ3v) is 3.19. The summed E-state index contributed by atoms with van der Waals surface area (Å²) in [6, 6.07) is 8.81. The van der Waals surface area contributed by atoms with Crippen LogP contribution in [0, 0.1) is 0 Å². The average molecular weight is 230 g/mol. The van der Waals surface area contributed by atoms with Crippen LogP contribution in [0.3, 0.4) is 0 Å². The second kappa shape index (κ2) is 5.87. The lowest BCUT2D eigenvalue weighted by Crippen LogP contribution is -2.12. The van der Waals surface area contributed by atoms with Crippen molar-refractivity contribution >= 4 is 10.9 Å². The summed E-state index contributed by atoms with van der Waals surface area (Å²) < 4.78 is 2.39. The molecule has 0 atom stereocenters. The predicted molar refractivity (Wildman–Crippen MR) is 74.2 cm³/mol. The van der Waals surface area contributed by atoms with Gasteiger partial charge in [-0.1, -0.05) is 38.5 Å². The summed E-state index contributed by atoms with van der Waals surface area (Å²) in [5.74, 6) is 0. The van der Waals surface area contributed by atoms with E-state index >= 15 is 0 Å². The molecule has 0 aliphatic heterocycles. The molecule has 0 fully saturated rings. The van der Waals surface area contributed by atoms with Crippen molar-refractivity contribution in [3.8, 4) is 0 Å². The molecule has 1 aromatic heterocycles. The molecule has 0 unspecified atom stereocenters. The molecule has 2 nitrogen and oxygen atoms in total. The van der Waals surface area contributed by atoms with Crippen LogP contribution in [-0.4, -0.2) is 11.1 Å². The zero-order chi connectivity index (χ0) is 12.1. The maximum atomic E-state index is 3.42. The lowest BCUT2D eigenvalue weighted by Gasteiger charge is -2.09. The Hall–Kier alpha value is -1.28. The van der Waals surface area contributed by atoms with Gasteiger partial charge >= 0.3 is 0 Å². The van der Waals surface area contributed by atoms with Gasteiger partial charge in [0.25, 0.3) is 0 Å². The van der Waals surface area contributed by atoms with Gasteiger partial charge in [0, 0.05) is 19.3 Å². The van der Waals surface area contributed by atoms with E-state index in [2.05, 4.69) is 54.2 Å². The Labute approximate surface area is 104 Å². The van der Waals surface area contributed by atoms with E-state index in [1.54, 1.807) is 0 Å². The summed E-state index contributed by atoms with van der Waals surface area (Å²) in [7, 11) is 0. The maximum absolute atomic E-state index is 3.42. The van der Waals surface area contributed by atoms with Crippen molar-refractivity contribution in [2.75, 3.05) is 6.54 Å². The number of aromatic nitrogens is 1. The molecule has 17 heavy (non-hydrogen) atoms. The van der Waals surface area contributed by atoms with Crippen LogP contribution in [-0.2, 0) is 13.1 Å². The van der Waals surface area contributed by atoms with Crippen molar-refractivity contribution in [1.29, 1.82) is 0 Å². The predicted octanol–water partition coefficient (Wildman–Crippen LogP) is 3.55. The third kappa shape index (κ3) is 2.70. The number of nitrogens with one attached hydrogen (secondary N) is 1. The molecule has 2 heteroatoms. The Morgan fingerprint density at radius 1 is 1.18 bits per heavy atom. The van der Waals surface area contributed by atoms with Gasteiger partial charge in [0.1, 0.15) is 0 Å². The number of para-hydroxylation sites is 1. The molecule has 0 saturated carbocycles. The molecule has 0 spiro atoms. The minimum Gasteiger partial charge on any atom is -0.347 e. The molecule has 0 amide bonds. The smallest absolute Gasteiger partial charge is 0.0525 e. The number of rotatable bonds is 6. The second-order valence-electron chi connectivity index (χ2n) is 4.50. The Kier molecular flexibility index (Phi) is 4.21. The second-order valence-corrected chi connectivity index (χ2v) is 4.50. The summed E-state index contributed by atoms with van der Waals surface area (Å²) in [5, 5.41) is 4.77. The highest BCUT2D eigenvalue weighted by molar-refractivity contribution is 5.83. The number of aryl methyl sites for hydroxylation is 1. The van der Waals surface area contributed by atoms with E-state index < -0.39 is 0 Å². The number of fused-ring (bicyclic) bond motifs is 1. The summed E-state index contributed by atoms with van der Waals surface area (Å²) >= 11 is 0. The first-order valence-electron chi connectivity index (χ1n) is 6.64. The van der Waals surface area contributed by atoms with Crippen LogP contribution in [0.15, 0.2) is 30.5 Å². The van der Waals surface area contributed by atoms with Crippen molar-refractivity contribution in [2.45, 2.75) is 39.8 Å². The van der Waals surface area contributed by atoms with Crippen LogP contribution in [0.5, 0.6) is 0 Å². The van der Waals surface area contributed by atoms with Crippen molar-refractivity contribution in [3.63, 3.8) is 0 Å². The molecule has 0 saturated heterocycles. The molecule has 0 aliphatic rings.